The summed E-state index contributed by atoms with van der Waals surface area (Å²) in [6, 6.07) is 11.1. The second kappa shape index (κ2) is 6.87. The molecule has 8 nitrogen and oxygen atoms in total. The maximum Gasteiger partial charge on any atom is 0.292 e. The second-order valence-electron chi connectivity index (χ2n) is 4.36. The van der Waals surface area contributed by atoms with Gasteiger partial charge in [0.1, 0.15) is 12.0 Å². The van der Waals surface area contributed by atoms with E-state index in [1.165, 1.54) is 18.2 Å². The Balaban J connectivity index is 2.23. The van der Waals surface area contributed by atoms with Gasteiger partial charge in [0, 0.05) is 28.8 Å². The van der Waals surface area contributed by atoms with Gasteiger partial charge >= 0.3 is 0 Å². The van der Waals surface area contributed by atoms with E-state index in [1.807, 2.05) is 0 Å². The van der Waals surface area contributed by atoms with Crippen LogP contribution in [0.1, 0.15) is 15.9 Å². The van der Waals surface area contributed by atoms with Crippen LogP contribution in [0.4, 0.5) is 17.1 Å². The molecule has 0 saturated carbocycles. The van der Waals surface area contributed by atoms with Crippen molar-refractivity contribution in [1.82, 2.24) is 0 Å². The van der Waals surface area contributed by atoms with Gasteiger partial charge in [0.15, 0.2) is 0 Å². The molecule has 0 aliphatic heterocycles. The highest BCUT2D eigenvalue weighted by Gasteiger charge is 2.14. The van der Waals surface area contributed by atoms with E-state index < -0.39 is 4.92 Å². The molecule has 8 heteroatoms. The normalized spacial score (nSPS) is 9.64. The number of rotatable bonds is 6. The Hall–Kier alpha value is -3.38. The second-order valence-corrected chi connectivity index (χ2v) is 4.36. The van der Waals surface area contributed by atoms with Gasteiger partial charge in [0.25, 0.3) is 5.69 Å². The molecule has 0 atom stereocenters. The molecule has 0 saturated heterocycles. The van der Waals surface area contributed by atoms with Crippen LogP contribution in [0, 0.1) is 10.1 Å². The Morgan fingerprint density at radius 3 is 2.82 bits per heavy atom. The average Bonchev–Trinajstić information content (AvgIpc) is 2.54. The number of benzene rings is 2. The lowest BCUT2D eigenvalue weighted by molar-refractivity contribution is -0.383. The molecule has 2 aromatic rings. The molecule has 0 spiro atoms. The van der Waals surface area contributed by atoms with Gasteiger partial charge in [0.2, 0.25) is 0 Å². The Morgan fingerprint density at radius 1 is 1.32 bits per heavy atom. The van der Waals surface area contributed by atoms with Crippen molar-refractivity contribution in [3.63, 3.8) is 0 Å². The lowest BCUT2D eigenvalue weighted by atomic mass is 10.1. The minimum atomic E-state index is -0.555. The number of nitro benzene ring substituents is 1. The Labute approximate surface area is 125 Å². The van der Waals surface area contributed by atoms with E-state index >= 15 is 0 Å². The monoisotopic (exact) mass is 297 g/mol. The number of hydrogen-bond donors (Lipinski definition) is 1. The number of nitrogens with zero attached hydrogens (tertiary/aromatic N) is 4. The maximum absolute atomic E-state index is 11.1. The number of hydrogen-bond acceptors (Lipinski definition) is 5. The van der Waals surface area contributed by atoms with E-state index in [2.05, 4.69) is 15.3 Å². The first-order chi connectivity index (χ1) is 10.6. The van der Waals surface area contributed by atoms with Crippen molar-refractivity contribution in [2.75, 3.05) is 5.32 Å². The molecule has 0 aromatic heterocycles. The van der Waals surface area contributed by atoms with Crippen molar-refractivity contribution < 1.29 is 9.72 Å². The summed E-state index contributed by atoms with van der Waals surface area (Å²) >= 11 is 0. The zero-order valence-corrected chi connectivity index (χ0v) is 11.3. The van der Waals surface area contributed by atoms with E-state index in [1.54, 1.807) is 24.3 Å². The highest BCUT2D eigenvalue weighted by Crippen LogP contribution is 2.29. The number of nitro groups is 1. The number of aldehydes is 1. The first-order valence-corrected chi connectivity index (χ1v) is 6.25. The Morgan fingerprint density at radius 2 is 2.14 bits per heavy atom. The number of nitrogens with one attached hydrogen (secondary N) is 1. The van der Waals surface area contributed by atoms with Crippen LogP contribution < -0.4 is 5.32 Å². The fourth-order valence-corrected chi connectivity index (χ4v) is 1.91. The molecule has 0 aliphatic carbocycles. The Kier molecular flexibility index (Phi) is 4.69. The smallest absolute Gasteiger partial charge is 0.292 e. The lowest BCUT2D eigenvalue weighted by Crippen LogP contribution is -2.02. The molecule has 0 unspecified atom stereocenters. The fraction of sp³-hybridized carbons (Fsp3) is 0.0714. The van der Waals surface area contributed by atoms with Gasteiger partial charge in [-0.3, -0.25) is 14.9 Å². The van der Waals surface area contributed by atoms with Crippen molar-refractivity contribution in [2.45, 2.75) is 6.54 Å². The summed E-state index contributed by atoms with van der Waals surface area (Å²) in [6.45, 7) is 0.323. The molecular weight excluding hydrogens is 286 g/mol. The van der Waals surface area contributed by atoms with Crippen LogP contribution >= 0.6 is 0 Å². The third-order valence-corrected chi connectivity index (χ3v) is 2.91. The SMILES string of the molecule is [N-]=[N+]=Nc1ccc(NCc2cccc(C=O)c2)c([N+](=O)[O-])c1. The van der Waals surface area contributed by atoms with E-state index in [0.29, 0.717) is 17.8 Å². The summed E-state index contributed by atoms with van der Waals surface area (Å²) in [4.78, 5) is 23.8. The molecule has 1 N–H and O–H groups in total. The maximum atomic E-state index is 11.1. The van der Waals surface area contributed by atoms with E-state index in [9.17, 15) is 14.9 Å². The zero-order chi connectivity index (χ0) is 15.9. The molecule has 0 radical (unpaired) electrons. The van der Waals surface area contributed by atoms with Crippen molar-refractivity contribution in [3.8, 4) is 0 Å². The summed E-state index contributed by atoms with van der Waals surface area (Å²) in [5, 5.41) is 17.4. The first kappa shape index (κ1) is 15.0. The standard InChI is InChI=1S/C14H11N5O3/c15-18-17-12-4-5-13(14(7-12)19(21)22)16-8-10-2-1-3-11(6-10)9-20/h1-7,9,16H,8H2. The molecule has 0 amide bonds. The highest BCUT2D eigenvalue weighted by atomic mass is 16.6. The van der Waals surface area contributed by atoms with E-state index in [4.69, 9.17) is 5.53 Å². The molecule has 2 aromatic carbocycles. The van der Waals surface area contributed by atoms with Crippen LogP contribution in [-0.2, 0) is 6.54 Å². The topological polar surface area (TPSA) is 121 Å². The number of azide groups is 1. The molecule has 2 rings (SSSR count). The lowest BCUT2D eigenvalue weighted by Gasteiger charge is -2.08. The van der Waals surface area contributed by atoms with Crippen LogP contribution in [0.15, 0.2) is 47.6 Å². The molecule has 110 valence electrons. The Bertz CT molecular complexity index is 769. The van der Waals surface area contributed by atoms with Crippen molar-refractivity contribution in [3.05, 3.63) is 74.1 Å². The number of carbonyl (C=O) groups excluding carboxylic acids is 1. The first-order valence-electron chi connectivity index (χ1n) is 6.25. The number of anilines is 1. The van der Waals surface area contributed by atoms with Crippen molar-refractivity contribution >= 4 is 23.3 Å². The van der Waals surface area contributed by atoms with Crippen LogP contribution in [-0.4, -0.2) is 11.2 Å². The summed E-state index contributed by atoms with van der Waals surface area (Å²) < 4.78 is 0. The van der Waals surface area contributed by atoms with Gasteiger partial charge in [-0.2, -0.15) is 0 Å². The highest BCUT2D eigenvalue weighted by molar-refractivity contribution is 5.75. The molecule has 0 heterocycles. The van der Waals surface area contributed by atoms with Crippen LogP contribution in [0.25, 0.3) is 10.4 Å². The van der Waals surface area contributed by atoms with Crippen molar-refractivity contribution in [2.24, 2.45) is 5.11 Å². The summed E-state index contributed by atoms with van der Waals surface area (Å²) in [6.07, 6.45) is 0.737. The minimum absolute atomic E-state index is 0.169. The molecule has 0 fully saturated rings. The third kappa shape index (κ3) is 3.59. The molecular formula is C14H11N5O3. The predicted octanol–water partition coefficient (Wildman–Crippen LogP) is 3.96. The van der Waals surface area contributed by atoms with E-state index in [0.717, 1.165) is 11.8 Å². The molecule has 0 aliphatic rings. The van der Waals surface area contributed by atoms with Gasteiger partial charge in [0.05, 0.1) is 4.92 Å². The predicted molar refractivity (Wildman–Crippen MR) is 81.1 cm³/mol. The number of carbonyl (C=O) groups is 1. The average molecular weight is 297 g/mol. The largest absolute Gasteiger partial charge is 0.375 e. The fourth-order valence-electron chi connectivity index (χ4n) is 1.91. The van der Waals surface area contributed by atoms with Gasteiger partial charge in [-0.05, 0) is 23.2 Å². The van der Waals surface area contributed by atoms with Gasteiger partial charge in [-0.1, -0.05) is 29.4 Å². The minimum Gasteiger partial charge on any atom is -0.375 e. The zero-order valence-electron chi connectivity index (χ0n) is 11.3. The van der Waals surface area contributed by atoms with Gasteiger partial charge in [-0.15, -0.1) is 0 Å². The van der Waals surface area contributed by atoms with Crippen LogP contribution in [0.5, 0.6) is 0 Å². The van der Waals surface area contributed by atoms with Crippen LogP contribution in [0.3, 0.4) is 0 Å². The van der Waals surface area contributed by atoms with Crippen LogP contribution in [0.2, 0.25) is 0 Å². The molecule has 0 bridgehead atoms. The molecule has 22 heavy (non-hydrogen) atoms. The third-order valence-electron chi connectivity index (χ3n) is 2.91. The summed E-state index contributed by atoms with van der Waals surface area (Å²) in [5.41, 5.74) is 10.0. The quantitative estimate of drug-likeness (QED) is 0.216. The van der Waals surface area contributed by atoms with Crippen molar-refractivity contribution in [1.29, 1.82) is 0 Å². The van der Waals surface area contributed by atoms with Gasteiger partial charge < -0.3 is 5.32 Å². The van der Waals surface area contributed by atoms with Gasteiger partial charge in [-0.25, -0.2) is 0 Å². The summed E-state index contributed by atoms with van der Waals surface area (Å²) in [7, 11) is 0. The van der Waals surface area contributed by atoms with E-state index in [-0.39, 0.29) is 11.4 Å². The summed E-state index contributed by atoms with van der Waals surface area (Å²) in [5.74, 6) is 0.